The lowest BCUT2D eigenvalue weighted by atomic mass is 10.2. The molecular weight excluding hydrogens is 241 g/mol. The zero-order valence-corrected chi connectivity index (χ0v) is 11.0. The average Bonchev–Trinajstić information content (AvgIpc) is 2.45. The molecule has 1 aromatic heterocycles. The monoisotopic (exact) mass is 259 g/mol. The van der Waals surface area contributed by atoms with E-state index in [1.54, 1.807) is 18.3 Å². The van der Waals surface area contributed by atoms with Crippen molar-refractivity contribution in [2.45, 2.75) is 19.9 Å². The van der Waals surface area contributed by atoms with Crippen LogP contribution in [0.25, 0.3) is 0 Å². The minimum absolute atomic E-state index is 0.210. The lowest BCUT2D eigenvalue weighted by Gasteiger charge is -2.09. The molecule has 0 spiro atoms. The number of hydrogen-bond donors (Lipinski definition) is 2. The van der Waals surface area contributed by atoms with Crippen LogP contribution >= 0.6 is 0 Å². The second-order valence-electron chi connectivity index (χ2n) is 4.34. The first-order valence-electron chi connectivity index (χ1n) is 6.46. The standard InChI is InChI=1S/C15H18FN3/c1-2-8-17-15-10-14(7-9-18-15)19-11-12-3-5-13(16)6-4-12/h3-7,9-10H,2,8,11H2,1H3,(H2,17,18,19). The van der Waals surface area contributed by atoms with Crippen LogP contribution in [0.15, 0.2) is 42.6 Å². The van der Waals surface area contributed by atoms with Gasteiger partial charge in [0.05, 0.1) is 0 Å². The maximum atomic E-state index is 12.8. The summed E-state index contributed by atoms with van der Waals surface area (Å²) in [4.78, 5) is 4.24. The SMILES string of the molecule is CCCNc1cc(NCc2ccc(F)cc2)ccn1. The summed E-state index contributed by atoms with van der Waals surface area (Å²) in [6.45, 7) is 3.69. The Labute approximate surface area is 112 Å². The summed E-state index contributed by atoms with van der Waals surface area (Å²) in [6, 6.07) is 10.4. The molecule has 19 heavy (non-hydrogen) atoms. The molecule has 0 atom stereocenters. The molecule has 0 aliphatic rings. The molecule has 0 amide bonds. The summed E-state index contributed by atoms with van der Waals surface area (Å²) in [5.41, 5.74) is 2.04. The number of benzene rings is 1. The largest absolute Gasteiger partial charge is 0.381 e. The molecule has 3 nitrogen and oxygen atoms in total. The first-order chi connectivity index (χ1) is 9.28. The molecule has 100 valence electrons. The van der Waals surface area contributed by atoms with E-state index >= 15 is 0 Å². The smallest absolute Gasteiger partial charge is 0.127 e. The van der Waals surface area contributed by atoms with Crippen molar-refractivity contribution in [2.75, 3.05) is 17.2 Å². The molecule has 1 heterocycles. The molecule has 0 fully saturated rings. The van der Waals surface area contributed by atoms with Crippen molar-refractivity contribution in [1.29, 1.82) is 0 Å². The summed E-state index contributed by atoms with van der Waals surface area (Å²) < 4.78 is 12.8. The Morgan fingerprint density at radius 3 is 2.63 bits per heavy atom. The van der Waals surface area contributed by atoms with Crippen LogP contribution in [0.4, 0.5) is 15.9 Å². The van der Waals surface area contributed by atoms with Gasteiger partial charge in [-0.05, 0) is 30.2 Å². The highest BCUT2D eigenvalue weighted by molar-refractivity contribution is 5.52. The van der Waals surface area contributed by atoms with Crippen LogP contribution in [0.2, 0.25) is 0 Å². The maximum Gasteiger partial charge on any atom is 0.127 e. The van der Waals surface area contributed by atoms with E-state index in [-0.39, 0.29) is 5.82 Å². The number of pyridine rings is 1. The maximum absolute atomic E-state index is 12.8. The predicted octanol–water partition coefficient (Wildman–Crippen LogP) is 3.65. The van der Waals surface area contributed by atoms with E-state index in [4.69, 9.17) is 0 Å². The van der Waals surface area contributed by atoms with Gasteiger partial charge in [0.2, 0.25) is 0 Å². The molecular formula is C15H18FN3. The molecule has 2 N–H and O–H groups in total. The van der Waals surface area contributed by atoms with Crippen LogP contribution in [-0.4, -0.2) is 11.5 Å². The molecule has 1 aromatic carbocycles. The Balaban J connectivity index is 1.93. The topological polar surface area (TPSA) is 37.0 Å². The quantitative estimate of drug-likeness (QED) is 0.831. The fourth-order valence-corrected chi connectivity index (χ4v) is 1.70. The van der Waals surface area contributed by atoms with Gasteiger partial charge in [-0.3, -0.25) is 0 Å². The van der Waals surface area contributed by atoms with E-state index in [0.29, 0.717) is 6.54 Å². The number of rotatable bonds is 6. The average molecular weight is 259 g/mol. The van der Waals surface area contributed by atoms with Gasteiger partial charge in [0.1, 0.15) is 11.6 Å². The minimum Gasteiger partial charge on any atom is -0.381 e. The van der Waals surface area contributed by atoms with E-state index < -0.39 is 0 Å². The van der Waals surface area contributed by atoms with Crippen LogP contribution < -0.4 is 10.6 Å². The Morgan fingerprint density at radius 2 is 1.89 bits per heavy atom. The second kappa shape index (κ2) is 6.73. The van der Waals surface area contributed by atoms with Crippen molar-refractivity contribution in [3.63, 3.8) is 0 Å². The fraction of sp³-hybridized carbons (Fsp3) is 0.267. The zero-order valence-electron chi connectivity index (χ0n) is 11.0. The van der Waals surface area contributed by atoms with Crippen LogP contribution in [0, 0.1) is 5.82 Å². The Hall–Kier alpha value is -2.10. The van der Waals surface area contributed by atoms with Gasteiger partial charge in [-0.1, -0.05) is 19.1 Å². The van der Waals surface area contributed by atoms with Gasteiger partial charge < -0.3 is 10.6 Å². The summed E-state index contributed by atoms with van der Waals surface area (Å²) in [7, 11) is 0. The number of hydrogen-bond acceptors (Lipinski definition) is 3. The summed E-state index contributed by atoms with van der Waals surface area (Å²) in [5, 5.41) is 6.53. The van der Waals surface area contributed by atoms with Crippen LogP contribution in [0.5, 0.6) is 0 Å². The summed E-state index contributed by atoms with van der Waals surface area (Å²) in [5.74, 6) is 0.657. The van der Waals surface area contributed by atoms with Gasteiger partial charge in [-0.25, -0.2) is 9.37 Å². The van der Waals surface area contributed by atoms with Gasteiger partial charge in [-0.15, -0.1) is 0 Å². The van der Waals surface area contributed by atoms with Crippen molar-refractivity contribution >= 4 is 11.5 Å². The predicted molar refractivity (Wildman–Crippen MR) is 76.7 cm³/mol. The molecule has 4 heteroatoms. The molecule has 0 aliphatic heterocycles. The summed E-state index contributed by atoms with van der Waals surface area (Å²) in [6.07, 6.45) is 2.83. The number of halogens is 1. The molecule has 2 rings (SSSR count). The molecule has 2 aromatic rings. The first kappa shape index (κ1) is 13.3. The van der Waals surface area contributed by atoms with Gasteiger partial charge in [-0.2, -0.15) is 0 Å². The fourth-order valence-electron chi connectivity index (χ4n) is 1.70. The number of nitrogens with one attached hydrogen (secondary N) is 2. The van der Waals surface area contributed by atoms with Gasteiger partial charge in [0, 0.05) is 31.0 Å². The normalized spacial score (nSPS) is 10.2. The van der Waals surface area contributed by atoms with E-state index in [9.17, 15) is 4.39 Å². The van der Waals surface area contributed by atoms with Crippen LogP contribution in [0.1, 0.15) is 18.9 Å². The third-order valence-electron chi connectivity index (χ3n) is 2.73. The van der Waals surface area contributed by atoms with Crippen molar-refractivity contribution in [2.24, 2.45) is 0 Å². The van der Waals surface area contributed by atoms with Crippen molar-refractivity contribution in [3.8, 4) is 0 Å². The molecule has 0 aliphatic carbocycles. The highest BCUT2D eigenvalue weighted by atomic mass is 19.1. The third-order valence-corrected chi connectivity index (χ3v) is 2.73. The Kier molecular flexibility index (Phi) is 4.72. The Morgan fingerprint density at radius 1 is 1.11 bits per heavy atom. The first-order valence-corrected chi connectivity index (χ1v) is 6.46. The van der Waals surface area contributed by atoms with Gasteiger partial charge >= 0.3 is 0 Å². The minimum atomic E-state index is -0.210. The summed E-state index contributed by atoms with van der Waals surface area (Å²) >= 11 is 0. The van der Waals surface area contributed by atoms with Crippen molar-refractivity contribution in [3.05, 3.63) is 54.0 Å². The molecule has 0 unspecified atom stereocenters. The highest BCUT2D eigenvalue weighted by Crippen LogP contribution is 2.13. The van der Waals surface area contributed by atoms with E-state index in [1.165, 1.54) is 12.1 Å². The number of aromatic nitrogens is 1. The van der Waals surface area contributed by atoms with Crippen LogP contribution in [0.3, 0.4) is 0 Å². The lowest BCUT2D eigenvalue weighted by molar-refractivity contribution is 0.627. The Bertz CT molecular complexity index is 511. The highest BCUT2D eigenvalue weighted by Gasteiger charge is 1.97. The molecule has 0 saturated heterocycles. The van der Waals surface area contributed by atoms with Crippen molar-refractivity contribution in [1.82, 2.24) is 4.98 Å². The van der Waals surface area contributed by atoms with E-state index in [0.717, 1.165) is 30.0 Å². The van der Waals surface area contributed by atoms with E-state index in [2.05, 4.69) is 22.5 Å². The number of anilines is 2. The van der Waals surface area contributed by atoms with Crippen LogP contribution in [-0.2, 0) is 6.54 Å². The molecule has 0 saturated carbocycles. The molecule has 0 bridgehead atoms. The lowest BCUT2D eigenvalue weighted by Crippen LogP contribution is -2.04. The second-order valence-corrected chi connectivity index (χ2v) is 4.34. The van der Waals surface area contributed by atoms with Gasteiger partial charge in [0.25, 0.3) is 0 Å². The van der Waals surface area contributed by atoms with E-state index in [1.807, 2.05) is 12.1 Å². The zero-order chi connectivity index (χ0) is 13.5. The van der Waals surface area contributed by atoms with Crippen molar-refractivity contribution < 1.29 is 4.39 Å². The third kappa shape index (κ3) is 4.25. The number of nitrogens with zero attached hydrogens (tertiary/aromatic N) is 1. The van der Waals surface area contributed by atoms with Gasteiger partial charge in [0.15, 0.2) is 0 Å². The molecule has 0 radical (unpaired) electrons.